The molecule has 0 radical (unpaired) electrons. The van der Waals surface area contributed by atoms with Gasteiger partial charge in [0.25, 0.3) is 0 Å². The van der Waals surface area contributed by atoms with Crippen LogP contribution in [0.25, 0.3) is 10.1 Å². The third-order valence-electron chi connectivity index (χ3n) is 2.99. The lowest BCUT2D eigenvalue weighted by Crippen LogP contribution is -1.89. The molecular formula is C12H10O2S. The molecule has 0 aliphatic heterocycles. The number of aromatic carboxylic acids is 1. The molecule has 1 aliphatic rings. The minimum absolute atomic E-state index is 0.449. The first-order chi connectivity index (χ1) is 7.25. The Morgan fingerprint density at radius 2 is 2.20 bits per heavy atom. The molecule has 0 spiro atoms. The van der Waals surface area contributed by atoms with Crippen LogP contribution in [0.4, 0.5) is 0 Å². The van der Waals surface area contributed by atoms with Gasteiger partial charge in [-0.2, -0.15) is 0 Å². The molecule has 1 N–H and O–H groups in total. The first-order valence-electron chi connectivity index (χ1n) is 5.03. The van der Waals surface area contributed by atoms with Crippen molar-refractivity contribution in [2.75, 3.05) is 0 Å². The molecule has 1 heterocycles. The van der Waals surface area contributed by atoms with Gasteiger partial charge in [-0.05, 0) is 47.9 Å². The Bertz CT molecular complexity index is 554. The largest absolute Gasteiger partial charge is 0.477 e. The summed E-state index contributed by atoms with van der Waals surface area (Å²) in [6, 6.07) is 6.02. The van der Waals surface area contributed by atoms with Gasteiger partial charge in [0.15, 0.2) is 0 Å². The number of carboxylic acids is 1. The number of aryl methyl sites for hydroxylation is 2. The highest BCUT2D eigenvalue weighted by molar-refractivity contribution is 7.20. The maximum atomic E-state index is 10.9. The first-order valence-corrected chi connectivity index (χ1v) is 5.85. The Balaban J connectivity index is 2.31. The van der Waals surface area contributed by atoms with Gasteiger partial charge in [-0.15, -0.1) is 11.3 Å². The van der Waals surface area contributed by atoms with E-state index in [2.05, 4.69) is 12.1 Å². The SMILES string of the molecule is O=C(O)c1cc2c3c(ccc2s1)CCC3. The second-order valence-electron chi connectivity index (χ2n) is 3.88. The van der Waals surface area contributed by atoms with Crippen LogP contribution in [0.3, 0.4) is 0 Å². The van der Waals surface area contributed by atoms with E-state index in [1.165, 1.54) is 28.9 Å². The number of thiophene rings is 1. The summed E-state index contributed by atoms with van der Waals surface area (Å²) in [6.45, 7) is 0. The van der Waals surface area contributed by atoms with E-state index in [-0.39, 0.29) is 0 Å². The van der Waals surface area contributed by atoms with E-state index in [0.717, 1.165) is 22.9 Å². The molecule has 15 heavy (non-hydrogen) atoms. The Kier molecular flexibility index (Phi) is 1.83. The van der Waals surface area contributed by atoms with Crippen molar-refractivity contribution in [3.63, 3.8) is 0 Å². The van der Waals surface area contributed by atoms with E-state index in [1.807, 2.05) is 6.07 Å². The molecule has 0 unspecified atom stereocenters. The standard InChI is InChI=1S/C12H10O2S/c13-12(14)11-6-9-8-3-1-2-7(8)4-5-10(9)15-11/h4-6H,1-3H2,(H,13,14). The quantitative estimate of drug-likeness (QED) is 0.798. The third-order valence-corrected chi connectivity index (χ3v) is 4.08. The summed E-state index contributed by atoms with van der Waals surface area (Å²) in [6.07, 6.45) is 3.44. The van der Waals surface area contributed by atoms with Crippen LogP contribution in [-0.4, -0.2) is 11.1 Å². The van der Waals surface area contributed by atoms with Crippen molar-refractivity contribution < 1.29 is 9.90 Å². The van der Waals surface area contributed by atoms with E-state index in [1.54, 1.807) is 0 Å². The number of carbonyl (C=O) groups is 1. The fourth-order valence-electron chi connectivity index (χ4n) is 2.31. The third kappa shape index (κ3) is 1.27. The fraction of sp³-hybridized carbons (Fsp3) is 0.250. The predicted molar refractivity (Wildman–Crippen MR) is 60.8 cm³/mol. The van der Waals surface area contributed by atoms with Gasteiger partial charge in [0.2, 0.25) is 0 Å². The zero-order chi connectivity index (χ0) is 10.4. The van der Waals surface area contributed by atoms with E-state index in [4.69, 9.17) is 5.11 Å². The van der Waals surface area contributed by atoms with Gasteiger partial charge in [-0.25, -0.2) is 4.79 Å². The minimum atomic E-state index is -0.817. The number of carboxylic acid groups (broad SMARTS) is 1. The van der Waals surface area contributed by atoms with Gasteiger partial charge >= 0.3 is 5.97 Å². The monoisotopic (exact) mass is 218 g/mol. The van der Waals surface area contributed by atoms with E-state index in [0.29, 0.717) is 4.88 Å². The van der Waals surface area contributed by atoms with Crippen molar-refractivity contribution in [3.05, 3.63) is 34.2 Å². The molecule has 0 bridgehead atoms. The number of rotatable bonds is 1. The predicted octanol–water partition coefficient (Wildman–Crippen LogP) is 3.09. The molecule has 0 fully saturated rings. The molecule has 3 heteroatoms. The molecule has 76 valence electrons. The van der Waals surface area contributed by atoms with E-state index < -0.39 is 5.97 Å². The maximum absolute atomic E-state index is 10.9. The van der Waals surface area contributed by atoms with Crippen molar-refractivity contribution in [2.45, 2.75) is 19.3 Å². The summed E-state index contributed by atoms with van der Waals surface area (Å²) in [4.78, 5) is 11.3. The molecule has 1 aromatic carbocycles. The lowest BCUT2D eigenvalue weighted by molar-refractivity contribution is 0.0702. The minimum Gasteiger partial charge on any atom is -0.477 e. The highest BCUT2D eigenvalue weighted by Gasteiger charge is 2.17. The topological polar surface area (TPSA) is 37.3 Å². The molecule has 0 amide bonds. The molecule has 0 atom stereocenters. The molecule has 3 rings (SSSR count). The van der Waals surface area contributed by atoms with Crippen LogP contribution in [0, 0.1) is 0 Å². The number of hydrogen-bond acceptors (Lipinski definition) is 2. The zero-order valence-electron chi connectivity index (χ0n) is 8.12. The van der Waals surface area contributed by atoms with Crippen LogP contribution in [0.2, 0.25) is 0 Å². The number of hydrogen-bond donors (Lipinski definition) is 1. The van der Waals surface area contributed by atoms with Crippen LogP contribution < -0.4 is 0 Å². The second kappa shape index (κ2) is 3.07. The summed E-state index contributed by atoms with van der Waals surface area (Å²) in [5.74, 6) is -0.817. The van der Waals surface area contributed by atoms with Crippen molar-refractivity contribution >= 4 is 27.4 Å². The van der Waals surface area contributed by atoms with E-state index >= 15 is 0 Å². The summed E-state index contributed by atoms with van der Waals surface area (Å²) >= 11 is 1.37. The van der Waals surface area contributed by atoms with Crippen molar-refractivity contribution in [3.8, 4) is 0 Å². The smallest absolute Gasteiger partial charge is 0.345 e. The van der Waals surface area contributed by atoms with Gasteiger partial charge in [-0.1, -0.05) is 6.07 Å². The van der Waals surface area contributed by atoms with Crippen molar-refractivity contribution in [2.24, 2.45) is 0 Å². The molecule has 2 nitrogen and oxygen atoms in total. The van der Waals surface area contributed by atoms with Crippen LogP contribution in [-0.2, 0) is 12.8 Å². The fourth-order valence-corrected chi connectivity index (χ4v) is 3.23. The van der Waals surface area contributed by atoms with Gasteiger partial charge in [-0.3, -0.25) is 0 Å². The van der Waals surface area contributed by atoms with Gasteiger partial charge < -0.3 is 5.11 Å². The summed E-state index contributed by atoms with van der Waals surface area (Å²) in [5.41, 5.74) is 2.77. The average molecular weight is 218 g/mol. The van der Waals surface area contributed by atoms with Crippen LogP contribution in [0.5, 0.6) is 0 Å². The molecule has 0 saturated carbocycles. The van der Waals surface area contributed by atoms with E-state index in [9.17, 15) is 4.79 Å². The highest BCUT2D eigenvalue weighted by Crippen LogP contribution is 2.34. The average Bonchev–Trinajstić information content (AvgIpc) is 2.82. The Labute approximate surface area is 91.2 Å². The number of fused-ring (bicyclic) bond motifs is 3. The lowest BCUT2D eigenvalue weighted by Gasteiger charge is -1.99. The molecule has 0 saturated heterocycles. The van der Waals surface area contributed by atoms with Crippen LogP contribution in [0.15, 0.2) is 18.2 Å². The van der Waals surface area contributed by atoms with Crippen LogP contribution in [0.1, 0.15) is 27.2 Å². The van der Waals surface area contributed by atoms with Gasteiger partial charge in [0, 0.05) is 4.70 Å². The van der Waals surface area contributed by atoms with Crippen molar-refractivity contribution in [1.29, 1.82) is 0 Å². The normalized spacial score (nSPS) is 14.4. The highest BCUT2D eigenvalue weighted by atomic mass is 32.1. The Morgan fingerprint density at radius 3 is 3.00 bits per heavy atom. The summed E-state index contributed by atoms with van der Waals surface area (Å²) in [5, 5.41) is 10.1. The Morgan fingerprint density at radius 1 is 1.33 bits per heavy atom. The van der Waals surface area contributed by atoms with Gasteiger partial charge in [0.1, 0.15) is 4.88 Å². The first kappa shape index (κ1) is 8.92. The summed E-state index contributed by atoms with van der Waals surface area (Å²) < 4.78 is 1.10. The zero-order valence-corrected chi connectivity index (χ0v) is 8.93. The van der Waals surface area contributed by atoms with Crippen LogP contribution >= 0.6 is 11.3 Å². The van der Waals surface area contributed by atoms with Gasteiger partial charge in [0.05, 0.1) is 0 Å². The molecule has 2 aromatic rings. The second-order valence-corrected chi connectivity index (χ2v) is 4.97. The number of benzene rings is 1. The van der Waals surface area contributed by atoms with Crippen molar-refractivity contribution in [1.82, 2.24) is 0 Å². The maximum Gasteiger partial charge on any atom is 0.345 e. The molecule has 1 aliphatic carbocycles. The lowest BCUT2D eigenvalue weighted by atomic mass is 10.1. The molecule has 1 aromatic heterocycles. The Hall–Kier alpha value is -1.35. The molecular weight excluding hydrogens is 208 g/mol. The summed E-state index contributed by atoms with van der Waals surface area (Å²) in [7, 11) is 0.